The van der Waals surface area contributed by atoms with Crippen LogP contribution in [-0.2, 0) is 0 Å². The molecule has 4 aromatic rings. The van der Waals surface area contributed by atoms with Crippen LogP contribution in [0, 0.1) is 0 Å². The Bertz CT molecular complexity index is 1280. The van der Waals surface area contributed by atoms with Gasteiger partial charge in [0.2, 0.25) is 0 Å². The summed E-state index contributed by atoms with van der Waals surface area (Å²) in [6.45, 7) is 4.28. The first-order valence-corrected chi connectivity index (χ1v) is 12.3. The van der Waals surface area contributed by atoms with E-state index in [-0.39, 0.29) is 5.75 Å². The van der Waals surface area contributed by atoms with Gasteiger partial charge in [0.15, 0.2) is 5.75 Å². The summed E-state index contributed by atoms with van der Waals surface area (Å²) in [4.78, 5) is 2.53. The predicted octanol–water partition coefficient (Wildman–Crippen LogP) is 6.91. The number of para-hydroxylation sites is 2. The van der Waals surface area contributed by atoms with E-state index < -0.39 is 0 Å². The van der Waals surface area contributed by atoms with Crippen LogP contribution in [0.3, 0.4) is 0 Å². The van der Waals surface area contributed by atoms with E-state index in [0.29, 0.717) is 0 Å². The van der Waals surface area contributed by atoms with Gasteiger partial charge in [0.25, 0.3) is 0 Å². The minimum atomic E-state index is 0.241. The van der Waals surface area contributed by atoms with Crippen molar-refractivity contribution in [2.45, 2.75) is 19.3 Å². The van der Waals surface area contributed by atoms with Crippen LogP contribution in [-0.4, -0.2) is 43.3 Å². The molecule has 1 fully saturated rings. The Kier molecular flexibility index (Phi) is 7.05. The molecule has 0 unspecified atom stereocenters. The zero-order chi connectivity index (χ0) is 24.0. The fourth-order valence-electron chi connectivity index (χ4n) is 4.73. The molecule has 0 radical (unpaired) electrons. The molecular weight excluding hydrogens is 436 g/mol. The standard InChI is InChI=1S/C30H32N2O3/c1-34-25-14-16-27-23(21-25)11-15-26(22-9-12-24(33)13-10-22)30(27)35-29-8-4-3-7-28(29)31-17-20-32-18-5-2-6-19-32/h3-4,7-16,21,31,33H,2,5-6,17-20H2,1H3. The number of fused-ring (bicyclic) bond motifs is 1. The number of rotatable bonds is 8. The number of phenols is 1. The summed E-state index contributed by atoms with van der Waals surface area (Å²) in [5, 5.41) is 15.4. The highest BCUT2D eigenvalue weighted by atomic mass is 16.5. The molecular formula is C30H32N2O3. The zero-order valence-corrected chi connectivity index (χ0v) is 20.2. The molecule has 0 atom stereocenters. The lowest BCUT2D eigenvalue weighted by Crippen LogP contribution is -2.33. The number of anilines is 1. The third-order valence-corrected chi connectivity index (χ3v) is 6.65. The molecule has 0 amide bonds. The average Bonchev–Trinajstić information content (AvgIpc) is 2.90. The molecule has 5 rings (SSSR count). The smallest absolute Gasteiger partial charge is 0.150 e. The second-order valence-electron chi connectivity index (χ2n) is 9.00. The lowest BCUT2D eigenvalue weighted by atomic mass is 9.99. The molecule has 0 aliphatic carbocycles. The minimum absolute atomic E-state index is 0.241. The quantitative estimate of drug-likeness (QED) is 0.294. The number of benzene rings is 4. The number of nitrogens with one attached hydrogen (secondary N) is 1. The number of nitrogens with zero attached hydrogens (tertiary/aromatic N) is 1. The molecule has 0 bridgehead atoms. The van der Waals surface area contributed by atoms with E-state index in [1.54, 1.807) is 19.2 Å². The van der Waals surface area contributed by atoms with Crippen molar-refractivity contribution >= 4 is 16.5 Å². The van der Waals surface area contributed by atoms with Gasteiger partial charge in [-0.3, -0.25) is 0 Å². The van der Waals surface area contributed by atoms with E-state index >= 15 is 0 Å². The summed E-state index contributed by atoms with van der Waals surface area (Å²) in [6, 6.07) is 25.5. The summed E-state index contributed by atoms with van der Waals surface area (Å²) >= 11 is 0. The van der Waals surface area contributed by atoms with E-state index in [0.717, 1.165) is 57.9 Å². The summed E-state index contributed by atoms with van der Waals surface area (Å²) < 4.78 is 12.1. The van der Waals surface area contributed by atoms with Crippen LogP contribution in [0.5, 0.6) is 23.0 Å². The van der Waals surface area contributed by atoms with E-state index in [4.69, 9.17) is 9.47 Å². The number of hydrogen-bond acceptors (Lipinski definition) is 5. The molecule has 1 heterocycles. The summed E-state index contributed by atoms with van der Waals surface area (Å²) in [5.41, 5.74) is 2.92. The van der Waals surface area contributed by atoms with Crippen molar-refractivity contribution in [2.24, 2.45) is 0 Å². The Morgan fingerprint density at radius 3 is 2.49 bits per heavy atom. The third kappa shape index (κ3) is 5.36. The van der Waals surface area contributed by atoms with Crippen molar-refractivity contribution in [3.63, 3.8) is 0 Å². The highest BCUT2D eigenvalue weighted by molar-refractivity contribution is 5.96. The second-order valence-corrected chi connectivity index (χ2v) is 9.00. The monoisotopic (exact) mass is 468 g/mol. The maximum atomic E-state index is 9.79. The molecule has 4 aromatic carbocycles. The molecule has 5 heteroatoms. The molecule has 0 aromatic heterocycles. The molecule has 35 heavy (non-hydrogen) atoms. The van der Waals surface area contributed by atoms with Crippen LogP contribution in [0.25, 0.3) is 21.9 Å². The average molecular weight is 469 g/mol. The summed E-state index contributed by atoms with van der Waals surface area (Å²) in [6.07, 6.45) is 3.94. The molecule has 0 saturated carbocycles. The number of phenolic OH excluding ortho intramolecular Hbond substituents is 1. The first kappa shape index (κ1) is 23.1. The highest BCUT2D eigenvalue weighted by Crippen LogP contribution is 2.42. The Morgan fingerprint density at radius 1 is 0.886 bits per heavy atom. The van der Waals surface area contributed by atoms with Gasteiger partial charge < -0.3 is 24.8 Å². The molecule has 1 saturated heterocycles. The topological polar surface area (TPSA) is 54.0 Å². The molecule has 5 nitrogen and oxygen atoms in total. The van der Waals surface area contributed by atoms with Crippen LogP contribution < -0.4 is 14.8 Å². The van der Waals surface area contributed by atoms with Crippen LogP contribution in [0.4, 0.5) is 5.69 Å². The van der Waals surface area contributed by atoms with Crippen LogP contribution in [0.15, 0.2) is 78.9 Å². The Hall–Kier alpha value is -3.70. The van der Waals surface area contributed by atoms with Gasteiger partial charge >= 0.3 is 0 Å². The van der Waals surface area contributed by atoms with Gasteiger partial charge in [-0.1, -0.05) is 36.8 Å². The van der Waals surface area contributed by atoms with Gasteiger partial charge in [0.05, 0.1) is 12.8 Å². The van der Waals surface area contributed by atoms with Gasteiger partial charge in [0, 0.05) is 24.0 Å². The van der Waals surface area contributed by atoms with Gasteiger partial charge in [0.1, 0.15) is 17.2 Å². The predicted molar refractivity (Wildman–Crippen MR) is 143 cm³/mol. The SMILES string of the molecule is COc1ccc2c(Oc3ccccc3NCCN3CCCCC3)c(-c3ccc(O)cc3)ccc2c1. The first-order valence-electron chi connectivity index (χ1n) is 12.3. The number of likely N-dealkylation sites (tertiary alicyclic amines) is 1. The number of methoxy groups -OCH3 is 1. The maximum Gasteiger partial charge on any atom is 0.150 e. The summed E-state index contributed by atoms with van der Waals surface area (Å²) in [5.74, 6) is 2.61. The fourth-order valence-corrected chi connectivity index (χ4v) is 4.73. The number of piperidine rings is 1. The Morgan fingerprint density at radius 2 is 1.69 bits per heavy atom. The number of aromatic hydroxyl groups is 1. The van der Waals surface area contributed by atoms with Crippen molar-refractivity contribution < 1.29 is 14.6 Å². The largest absolute Gasteiger partial charge is 0.508 e. The number of ether oxygens (including phenoxy) is 2. The van der Waals surface area contributed by atoms with Crippen molar-refractivity contribution in [1.82, 2.24) is 4.90 Å². The Labute approximate surface area is 206 Å². The maximum absolute atomic E-state index is 9.79. The summed E-state index contributed by atoms with van der Waals surface area (Å²) in [7, 11) is 1.68. The van der Waals surface area contributed by atoms with Gasteiger partial charge in [-0.2, -0.15) is 0 Å². The van der Waals surface area contributed by atoms with Gasteiger partial charge in [-0.25, -0.2) is 0 Å². The van der Waals surface area contributed by atoms with E-state index in [1.165, 1.54) is 32.4 Å². The molecule has 2 N–H and O–H groups in total. The normalized spacial score (nSPS) is 14.1. The van der Waals surface area contributed by atoms with Crippen molar-refractivity contribution in [1.29, 1.82) is 0 Å². The van der Waals surface area contributed by atoms with Crippen LogP contribution in [0.2, 0.25) is 0 Å². The lowest BCUT2D eigenvalue weighted by Gasteiger charge is -2.26. The van der Waals surface area contributed by atoms with Gasteiger partial charge in [-0.15, -0.1) is 0 Å². The van der Waals surface area contributed by atoms with E-state index in [1.807, 2.05) is 48.5 Å². The number of hydrogen-bond donors (Lipinski definition) is 2. The van der Waals surface area contributed by atoms with E-state index in [9.17, 15) is 5.11 Å². The fraction of sp³-hybridized carbons (Fsp3) is 0.267. The van der Waals surface area contributed by atoms with Gasteiger partial charge in [-0.05, 0) is 85.4 Å². The zero-order valence-electron chi connectivity index (χ0n) is 20.2. The molecule has 180 valence electrons. The lowest BCUT2D eigenvalue weighted by molar-refractivity contribution is 0.237. The molecule has 0 spiro atoms. The van der Waals surface area contributed by atoms with Crippen LogP contribution >= 0.6 is 0 Å². The third-order valence-electron chi connectivity index (χ3n) is 6.65. The van der Waals surface area contributed by atoms with Crippen molar-refractivity contribution in [2.75, 3.05) is 38.6 Å². The van der Waals surface area contributed by atoms with Crippen molar-refractivity contribution in [3.8, 4) is 34.1 Å². The van der Waals surface area contributed by atoms with Crippen molar-refractivity contribution in [3.05, 3.63) is 78.9 Å². The second kappa shape index (κ2) is 10.7. The first-order chi connectivity index (χ1) is 17.2. The van der Waals surface area contributed by atoms with E-state index in [2.05, 4.69) is 28.4 Å². The van der Waals surface area contributed by atoms with Crippen LogP contribution in [0.1, 0.15) is 19.3 Å². The molecule has 1 aliphatic rings. The molecule has 1 aliphatic heterocycles. The minimum Gasteiger partial charge on any atom is -0.508 e. The highest BCUT2D eigenvalue weighted by Gasteiger charge is 2.15. The Balaban J connectivity index is 1.48.